The number of ether oxygens (including phenoxy) is 2. The summed E-state index contributed by atoms with van der Waals surface area (Å²) in [5, 5.41) is 0. The van der Waals surface area contributed by atoms with Crippen molar-refractivity contribution in [3.8, 4) is 0 Å². The number of rotatable bonds is 4. The van der Waals surface area contributed by atoms with Crippen molar-refractivity contribution >= 4 is 17.8 Å². The summed E-state index contributed by atoms with van der Waals surface area (Å²) in [6.45, 7) is 0.957. The maximum atomic E-state index is 10.5. The van der Waals surface area contributed by atoms with Crippen LogP contribution in [0, 0.1) is 0 Å². The molecule has 1 heterocycles. The first kappa shape index (κ1) is 16.4. The zero-order chi connectivity index (χ0) is 14.0. The lowest BCUT2D eigenvalue weighted by Gasteiger charge is -2.03. The molecule has 0 bridgehead atoms. The fraction of sp³-hybridized carbons (Fsp3) is 0.750. The quantitative estimate of drug-likeness (QED) is 0.696. The number of hydrogen-bond acceptors (Lipinski definition) is 5. The van der Waals surface area contributed by atoms with Gasteiger partial charge in [0.25, 0.3) is 0 Å². The average Bonchev–Trinajstić information content (AvgIpc) is 2.74. The van der Waals surface area contributed by atoms with E-state index in [1.807, 2.05) is 7.05 Å². The van der Waals surface area contributed by atoms with E-state index in [0.29, 0.717) is 12.3 Å². The zero-order valence-electron chi connectivity index (χ0n) is 11.2. The second kappa shape index (κ2) is 9.44. The van der Waals surface area contributed by atoms with Crippen LogP contribution in [0.4, 0.5) is 0 Å². The van der Waals surface area contributed by atoms with Crippen LogP contribution in [0.15, 0.2) is 0 Å². The average molecular weight is 259 g/mol. The van der Waals surface area contributed by atoms with Gasteiger partial charge in [-0.25, -0.2) is 0 Å². The molecule has 1 amide bonds. The summed E-state index contributed by atoms with van der Waals surface area (Å²) >= 11 is 0. The zero-order valence-corrected chi connectivity index (χ0v) is 11.2. The van der Waals surface area contributed by atoms with E-state index < -0.39 is 0 Å². The lowest BCUT2D eigenvalue weighted by atomic mass is 10.2. The van der Waals surface area contributed by atoms with E-state index in [4.69, 9.17) is 0 Å². The number of methoxy groups -OCH3 is 2. The Bertz CT molecular complexity index is 274. The van der Waals surface area contributed by atoms with Crippen molar-refractivity contribution in [2.45, 2.75) is 32.1 Å². The number of esters is 2. The van der Waals surface area contributed by atoms with Crippen LogP contribution in [0.25, 0.3) is 0 Å². The van der Waals surface area contributed by atoms with Crippen LogP contribution in [-0.2, 0) is 23.9 Å². The van der Waals surface area contributed by atoms with Crippen LogP contribution >= 0.6 is 0 Å². The lowest BCUT2D eigenvalue weighted by Crippen LogP contribution is -2.17. The molecule has 6 heteroatoms. The van der Waals surface area contributed by atoms with Crippen molar-refractivity contribution in [2.75, 3.05) is 27.8 Å². The van der Waals surface area contributed by atoms with Crippen molar-refractivity contribution in [1.29, 1.82) is 0 Å². The van der Waals surface area contributed by atoms with E-state index in [1.54, 1.807) is 4.90 Å². The first-order chi connectivity index (χ1) is 8.51. The molecule has 6 nitrogen and oxygen atoms in total. The van der Waals surface area contributed by atoms with Crippen LogP contribution in [0.3, 0.4) is 0 Å². The molecule has 0 unspecified atom stereocenters. The van der Waals surface area contributed by atoms with Gasteiger partial charge in [-0.2, -0.15) is 0 Å². The van der Waals surface area contributed by atoms with Gasteiger partial charge in [0, 0.05) is 32.9 Å². The molecule has 0 aromatic rings. The molecule has 0 aromatic heterocycles. The maximum absolute atomic E-state index is 10.5. The fourth-order valence-corrected chi connectivity index (χ4v) is 1.36. The number of hydrogen-bond donors (Lipinski definition) is 0. The second-order valence-corrected chi connectivity index (χ2v) is 3.92. The molecule has 0 aromatic carbocycles. The van der Waals surface area contributed by atoms with E-state index in [2.05, 4.69) is 9.47 Å². The summed E-state index contributed by atoms with van der Waals surface area (Å²) in [5.41, 5.74) is 0. The highest BCUT2D eigenvalue weighted by molar-refractivity contribution is 5.77. The second-order valence-electron chi connectivity index (χ2n) is 3.92. The number of carbonyl (C=O) groups is 3. The van der Waals surface area contributed by atoms with Gasteiger partial charge in [0.05, 0.1) is 14.2 Å². The Labute approximate surface area is 107 Å². The summed E-state index contributed by atoms with van der Waals surface area (Å²) in [5.74, 6) is -0.303. The van der Waals surface area contributed by atoms with Crippen molar-refractivity contribution in [3.63, 3.8) is 0 Å². The van der Waals surface area contributed by atoms with E-state index >= 15 is 0 Å². The predicted molar refractivity (Wildman–Crippen MR) is 64.8 cm³/mol. The minimum absolute atomic E-state index is 0.269. The highest BCUT2D eigenvalue weighted by Gasteiger charge is 2.14. The molecule has 0 spiro atoms. The molecule has 0 N–H and O–H groups in total. The summed E-state index contributed by atoms with van der Waals surface area (Å²) in [6, 6.07) is 0. The maximum Gasteiger partial charge on any atom is 0.305 e. The number of amides is 1. The summed E-state index contributed by atoms with van der Waals surface area (Å²) in [7, 11) is 4.48. The first-order valence-electron chi connectivity index (χ1n) is 5.88. The molecule has 1 rings (SSSR count). The van der Waals surface area contributed by atoms with E-state index in [-0.39, 0.29) is 24.8 Å². The third-order valence-electron chi connectivity index (χ3n) is 2.53. The highest BCUT2D eigenvalue weighted by atomic mass is 16.5. The van der Waals surface area contributed by atoms with Gasteiger partial charge < -0.3 is 14.4 Å². The largest absolute Gasteiger partial charge is 0.469 e. The molecule has 104 valence electrons. The van der Waals surface area contributed by atoms with E-state index in [0.717, 1.165) is 19.4 Å². The van der Waals surface area contributed by atoms with Gasteiger partial charge in [-0.15, -0.1) is 0 Å². The minimum atomic E-state index is -0.297. The lowest BCUT2D eigenvalue weighted by molar-refractivity contribution is -0.142. The number of nitrogens with zero attached hydrogens (tertiary/aromatic N) is 1. The SMILES string of the molecule is CN1CCCC1=O.COC(=O)CCCC(=O)OC. The minimum Gasteiger partial charge on any atom is -0.469 e. The van der Waals surface area contributed by atoms with Gasteiger partial charge in [-0.1, -0.05) is 0 Å². The topological polar surface area (TPSA) is 72.9 Å². The normalized spacial score (nSPS) is 13.7. The molecule has 1 fully saturated rings. The van der Waals surface area contributed by atoms with Crippen LogP contribution in [0.2, 0.25) is 0 Å². The molecular formula is C12H21NO5. The molecule has 0 aliphatic carbocycles. The Morgan fingerprint density at radius 2 is 1.67 bits per heavy atom. The monoisotopic (exact) mass is 259 g/mol. The Balaban J connectivity index is 0.000000351. The van der Waals surface area contributed by atoms with Crippen LogP contribution in [0.1, 0.15) is 32.1 Å². The first-order valence-corrected chi connectivity index (χ1v) is 5.88. The molecule has 0 atom stereocenters. The van der Waals surface area contributed by atoms with Crippen molar-refractivity contribution in [3.05, 3.63) is 0 Å². The van der Waals surface area contributed by atoms with Gasteiger partial charge in [-0.05, 0) is 12.8 Å². The highest BCUT2D eigenvalue weighted by Crippen LogP contribution is 2.04. The predicted octanol–water partition coefficient (Wildman–Crippen LogP) is 0.741. The molecule has 18 heavy (non-hydrogen) atoms. The molecule has 1 aliphatic rings. The van der Waals surface area contributed by atoms with Gasteiger partial charge in [-0.3, -0.25) is 14.4 Å². The van der Waals surface area contributed by atoms with E-state index in [1.165, 1.54) is 14.2 Å². The Morgan fingerprint density at radius 1 is 1.17 bits per heavy atom. The molecule has 1 aliphatic heterocycles. The van der Waals surface area contributed by atoms with Gasteiger partial charge >= 0.3 is 11.9 Å². The van der Waals surface area contributed by atoms with Gasteiger partial charge in [0.1, 0.15) is 0 Å². The molecule has 0 radical (unpaired) electrons. The summed E-state index contributed by atoms with van der Waals surface area (Å²) in [4.78, 5) is 33.3. The van der Waals surface area contributed by atoms with Gasteiger partial charge in [0.2, 0.25) is 5.91 Å². The smallest absolute Gasteiger partial charge is 0.305 e. The summed E-state index contributed by atoms with van der Waals surface area (Å²) < 4.78 is 8.75. The third kappa shape index (κ3) is 7.65. The Hall–Kier alpha value is -1.59. The van der Waals surface area contributed by atoms with Crippen LogP contribution in [0.5, 0.6) is 0 Å². The Morgan fingerprint density at radius 3 is 1.89 bits per heavy atom. The fourth-order valence-electron chi connectivity index (χ4n) is 1.36. The third-order valence-corrected chi connectivity index (χ3v) is 2.53. The number of carbonyl (C=O) groups excluding carboxylic acids is 3. The van der Waals surface area contributed by atoms with Gasteiger partial charge in [0.15, 0.2) is 0 Å². The molecule has 0 saturated carbocycles. The van der Waals surface area contributed by atoms with E-state index in [9.17, 15) is 14.4 Å². The number of likely N-dealkylation sites (tertiary alicyclic amines) is 1. The van der Waals surface area contributed by atoms with Crippen molar-refractivity contribution < 1.29 is 23.9 Å². The van der Waals surface area contributed by atoms with Crippen molar-refractivity contribution in [2.24, 2.45) is 0 Å². The molecule has 1 saturated heterocycles. The van der Waals surface area contributed by atoms with Crippen LogP contribution in [-0.4, -0.2) is 50.6 Å². The molecular weight excluding hydrogens is 238 g/mol. The Kier molecular flexibility index (Phi) is 8.61. The van der Waals surface area contributed by atoms with Crippen LogP contribution < -0.4 is 0 Å². The standard InChI is InChI=1S/C7H12O4.C5H9NO/c1-10-6(8)4-3-5-7(9)11-2;1-6-4-2-3-5(6)7/h3-5H2,1-2H3;2-4H2,1H3. The summed E-state index contributed by atoms with van der Waals surface area (Å²) in [6.07, 6.45) is 2.84. The van der Waals surface area contributed by atoms with Crippen molar-refractivity contribution in [1.82, 2.24) is 4.90 Å².